The highest BCUT2D eigenvalue weighted by Crippen LogP contribution is 2.34. The second-order valence-corrected chi connectivity index (χ2v) is 8.41. The van der Waals surface area contributed by atoms with E-state index < -0.39 is 0 Å². The maximum Gasteiger partial charge on any atom is 0.216 e. The highest BCUT2D eigenvalue weighted by molar-refractivity contribution is 6.30. The summed E-state index contributed by atoms with van der Waals surface area (Å²) in [6, 6.07) is 11.5. The van der Waals surface area contributed by atoms with E-state index in [4.69, 9.17) is 16.0 Å². The monoisotopic (exact) mass is 400 g/mol. The summed E-state index contributed by atoms with van der Waals surface area (Å²) in [5, 5.41) is 0.730. The van der Waals surface area contributed by atoms with Gasteiger partial charge in [-0.05, 0) is 81.7 Å². The lowest BCUT2D eigenvalue weighted by Crippen LogP contribution is -2.53. The molecule has 0 saturated carbocycles. The molecule has 0 unspecified atom stereocenters. The SMILES string of the molecule is O=C(c1ccco1)[C@H]([C@H](c1ccc(Cl)cc1)N1CCCCC1)N1CCCCC1. The summed E-state index contributed by atoms with van der Waals surface area (Å²) < 4.78 is 5.54. The summed E-state index contributed by atoms with van der Waals surface area (Å²) in [5.74, 6) is 0.559. The van der Waals surface area contributed by atoms with Crippen molar-refractivity contribution in [3.63, 3.8) is 0 Å². The normalized spacial score (nSPS) is 21.3. The van der Waals surface area contributed by atoms with Gasteiger partial charge >= 0.3 is 0 Å². The van der Waals surface area contributed by atoms with E-state index in [0.717, 1.165) is 44.0 Å². The van der Waals surface area contributed by atoms with Gasteiger partial charge in [-0.1, -0.05) is 36.6 Å². The van der Waals surface area contributed by atoms with Gasteiger partial charge < -0.3 is 4.42 Å². The van der Waals surface area contributed by atoms with E-state index >= 15 is 0 Å². The van der Waals surface area contributed by atoms with Gasteiger partial charge in [0.2, 0.25) is 5.78 Å². The van der Waals surface area contributed by atoms with Crippen LogP contribution in [0.4, 0.5) is 0 Å². The number of furan rings is 1. The largest absolute Gasteiger partial charge is 0.461 e. The van der Waals surface area contributed by atoms with E-state index in [-0.39, 0.29) is 17.9 Å². The number of nitrogens with zero attached hydrogens (tertiary/aromatic N) is 2. The van der Waals surface area contributed by atoms with Crippen LogP contribution >= 0.6 is 11.6 Å². The molecule has 0 aliphatic carbocycles. The van der Waals surface area contributed by atoms with E-state index in [1.807, 2.05) is 12.1 Å². The zero-order chi connectivity index (χ0) is 19.3. The molecule has 2 aliphatic heterocycles. The summed E-state index contributed by atoms with van der Waals surface area (Å²) in [6.45, 7) is 4.00. The summed E-state index contributed by atoms with van der Waals surface area (Å²) in [7, 11) is 0. The molecular weight excluding hydrogens is 372 g/mol. The smallest absolute Gasteiger partial charge is 0.216 e. The molecule has 3 heterocycles. The molecule has 0 N–H and O–H groups in total. The van der Waals surface area contributed by atoms with Crippen LogP contribution in [0, 0.1) is 0 Å². The van der Waals surface area contributed by atoms with Crippen molar-refractivity contribution < 1.29 is 9.21 Å². The topological polar surface area (TPSA) is 36.7 Å². The number of hydrogen-bond acceptors (Lipinski definition) is 4. The van der Waals surface area contributed by atoms with E-state index in [1.54, 1.807) is 18.4 Å². The summed E-state index contributed by atoms with van der Waals surface area (Å²) in [5.41, 5.74) is 1.17. The maximum atomic E-state index is 13.6. The Bertz CT molecular complexity index is 747. The van der Waals surface area contributed by atoms with Crippen LogP contribution in [-0.2, 0) is 0 Å². The summed E-state index contributed by atoms with van der Waals surface area (Å²) in [6.07, 6.45) is 8.78. The lowest BCUT2D eigenvalue weighted by atomic mass is 9.89. The summed E-state index contributed by atoms with van der Waals surface area (Å²) >= 11 is 6.17. The van der Waals surface area contributed by atoms with E-state index in [0.29, 0.717) is 5.76 Å². The lowest BCUT2D eigenvalue weighted by Gasteiger charge is -2.44. The Balaban J connectivity index is 1.74. The van der Waals surface area contributed by atoms with Crippen molar-refractivity contribution >= 4 is 17.4 Å². The van der Waals surface area contributed by atoms with Gasteiger partial charge in [0.1, 0.15) is 0 Å². The van der Waals surface area contributed by atoms with Gasteiger partial charge in [-0.15, -0.1) is 0 Å². The average molecular weight is 401 g/mol. The number of halogens is 1. The van der Waals surface area contributed by atoms with Crippen molar-refractivity contribution in [2.24, 2.45) is 0 Å². The van der Waals surface area contributed by atoms with Gasteiger partial charge in [0.15, 0.2) is 5.76 Å². The first kappa shape index (κ1) is 19.7. The number of Topliss-reactive ketones (excluding diaryl/α,β-unsaturated/α-hetero) is 1. The number of benzene rings is 1. The molecule has 0 amide bonds. The van der Waals surface area contributed by atoms with Crippen LogP contribution in [0.3, 0.4) is 0 Å². The Labute approximate surface area is 172 Å². The Kier molecular flexibility index (Phi) is 6.50. The molecule has 28 heavy (non-hydrogen) atoms. The molecule has 2 fully saturated rings. The lowest BCUT2D eigenvalue weighted by molar-refractivity contribution is 0.0405. The molecule has 1 aromatic heterocycles. The molecule has 2 atom stereocenters. The molecule has 5 heteroatoms. The first-order chi connectivity index (χ1) is 13.7. The van der Waals surface area contributed by atoms with Crippen LogP contribution in [0.1, 0.15) is 60.7 Å². The van der Waals surface area contributed by atoms with Crippen LogP contribution in [-0.4, -0.2) is 47.8 Å². The van der Waals surface area contributed by atoms with Gasteiger partial charge in [-0.25, -0.2) is 0 Å². The number of carbonyl (C=O) groups excluding carboxylic acids is 1. The highest BCUT2D eigenvalue weighted by Gasteiger charge is 2.40. The van der Waals surface area contributed by atoms with Crippen molar-refractivity contribution in [3.8, 4) is 0 Å². The number of rotatable bonds is 6. The van der Waals surface area contributed by atoms with Crippen LogP contribution in [0.15, 0.2) is 47.1 Å². The Morgan fingerprint density at radius 3 is 2.04 bits per heavy atom. The minimum absolute atomic E-state index is 0.0215. The zero-order valence-electron chi connectivity index (χ0n) is 16.4. The third kappa shape index (κ3) is 4.35. The van der Waals surface area contributed by atoms with Crippen LogP contribution in [0.2, 0.25) is 5.02 Å². The molecule has 150 valence electrons. The van der Waals surface area contributed by atoms with Gasteiger partial charge in [-0.3, -0.25) is 14.6 Å². The first-order valence-electron chi connectivity index (χ1n) is 10.6. The fourth-order valence-electron chi connectivity index (χ4n) is 4.72. The van der Waals surface area contributed by atoms with Crippen molar-refractivity contribution in [1.29, 1.82) is 0 Å². The Hall–Kier alpha value is -1.62. The number of piperidine rings is 2. The van der Waals surface area contributed by atoms with E-state index in [9.17, 15) is 4.79 Å². The van der Waals surface area contributed by atoms with Gasteiger partial charge in [0.25, 0.3) is 0 Å². The maximum absolute atomic E-state index is 13.6. The third-order valence-electron chi connectivity index (χ3n) is 6.11. The molecule has 4 nitrogen and oxygen atoms in total. The summed E-state index contributed by atoms with van der Waals surface area (Å²) in [4.78, 5) is 18.5. The van der Waals surface area contributed by atoms with Gasteiger partial charge in [0.05, 0.1) is 18.3 Å². The molecule has 2 aliphatic rings. The Morgan fingerprint density at radius 1 is 0.857 bits per heavy atom. The molecule has 0 bridgehead atoms. The van der Waals surface area contributed by atoms with E-state index in [1.165, 1.54) is 31.2 Å². The number of ketones is 1. The van der Waals surface area contributed by atoms with Crippen molar-refractivity contribution in [2.45, 2.75) is 50.6 Å². The minimum atomic E-state index is -0.231. The van der Waals surface area contributed by atoms with Crippen LogP contribution in [0.5, 0.6) is 0 Å². The van der Waals surface area contributed by atoms with Gasteiger partial charge in [0, 0.05) is 5.02 Å². The predicted molar refractivity (Wildman–Crippen MR) is 112 cm³/mol. The van der Waals surface area contributed by atoms with Crippen molar-refractivity contribution in [1.82, 2.24) is 9.80 Å². The van der Waals surface area contributed by atoms with Gasteiger partial charge in [-0.2, -0.15) is 0 Å². The molecule has 2 aromatic rings. The first-order valence-corrected chi connectivity index (χ1v) is 10.9. The number of hydrogen-bond donors (Lipinski definition) is 0. The third-order valence-corrected chi connectivity index (χ3v) is 6.36. The average Bonchev–Trinajstić information content (AvgIpc) is 3.29. The Morgan fingerprint density at radius 2 is 1.46 bits per heavy atom. The predicted octanol–water partition coefficient (Wildman–Crippen LogP) is 5.20. The second kappa shape index (κ2) is 9.25. The fourth-order valence-corrected chi connectivity index (χ4v) is 4.85. The zero-order valence-corrected chi connectivity index (χ0v) is 17.1. The molecular formula is C23H29ClN2O2. The fraction of sp³-hybridized carbons (Fsp3) is 0.522. The molecule has 2 saturated heterocycles. The molecule has 0 spiro atoms. The molecule has 1 aromatic carbocycles. The second-order valence-electron chi connectivity index (χ2n) is 7.98. The molecule has 4 rings (SSSR count). The number of likely N-dealkylation sites (tertiary alicyclic amines) is 2. The van der Waals surface area contributed by atoms with E-state index in [2.05, 4.69) is 21.9 Å². The standard InChI is InChI=1S/C23H29ClN2O2/c24-19-11-9-18(10-12-19)21(25-13-3-1-4-14-25)22(26-15-5-2-6-16-26)23(27)20-8-7-17-28-20/h7-12,17,21-22H,1-6,13-16H2/t21-,22-/m0/s1. The highest BCUT2D eigenvalue weighted by atomic mass is 35.5. The van der Waals surface area contributed by atoms with Crippen molar-refractivity contribution in [3.05, 3.63) is 59.0 Å². The quantitative estimate of drug-likeness (QED) is 0.624. The minimum Gasteiger partial charge on any atom is -0.461 e. The molecule has 0 radical (unpaired) electrons. The van der Waals surface area contributed by atoms with Crippen LogP contribution < -0.4 is 0 Å². The van der Waals surface area contributed by atoms with Crippen LogP contribution in [0.25, 0.3) is 0 Å². The number of carbonyl (C=O) groups is 1. The van der Waals surface area contributed by atoms with Crippen molar-refractivity contribution in [2.75, 3.05) is 26.2 Å².